The lowest BCUT2D eigenvalue weighted by molar-refractivity contribution is 0.550. The van der Waals surface area contributed by atoms with Gasteiger partial charge in [-0.2, -0.15) is 5.10 Å². The van der Waals surface area contributed by atoms with E-state index in [0.29, 0.717) is 0 Å². The smallest absolute Gasteiger partial charge is 0.0791 e. The van der Waals surface area contributed by atoms with E-state index in [0.717, 1.165) is 12.2 Å². The highest BCUT2D eigenvalue weighted by Gasteiger charge is 2.07. The summed E-state index contributed by atoms with van der Waals surface area (Å²) >= 11 is 0. The predicted octanol–water partition coefficient (Wildman–Crippen LogP) is 1.67. The van der Waals surface area contributed by atoms with Gasteiger partial charge in [-0.05, 0) is 24.6 Å². The van der Waals surface area contributed by atoms with Crippen LogP contribution >= 0.6 is 0 Å². The molecule has 0 aliphatic rings. The fourth-order valence-electron chi connectivity index (χ4n) is 1.54. The average Bonchev–Trinajstić information content (AvgIpc) is 2.74. The standard InChI is InChI=1S/C12H16N4/c1-10(12-5-7-16(2)15-12)14-9-11-4-3-6-13-8-11/h3-8,10,14H,9H2,1-2H3. The highest BCUT2D eigenvalue weighted by atomic mass is 15.3. The molecule has 0 amide bonds. The summed E-state index contributed by atoms with van der Waals surface area (Å²) in [6, 6.07) is 6.29. The van der Waals surface area contributed by atoms with Crippen LogP contribution in [0.4, 0.5) is 0 Å². The Morgan fingerprint density at radius 3 is 2.94 bits per heavy atom. The highest BCUT2D eigenvalue weighted by Crippen LogP contribution is 2.09. The van der Waals surface area contributed by atoms with Crippen molar-refractivity contribution in [2.24, 2.45) is 7.05 Å². The molecular formula is C12H16N4. The van der Waals surface area contributed by atoms with Crippen LogP contribution in [-0.4, -0.2) is 14.8 Å². The Balaban J connectivity index is 1.91. The average molecular weight is 216 g/mol. The molecule has 2 aromatic heterocycles. The van der Waals surface area contributed by atoms with E-state index in [1.54, 1.807) is 6.20 Å². The molecule has 2 rings (SSSR count). The number of hydrogen-bond donors (Lipinski definition) is 1. The fourth-order valence-corrected chi connectivity index (χ4v) is 1.54. The Morgan fingerprint density at radius 2 is 2.31 bits per heavy atom. The number of pyridine rings is 1. The summed E-state index contributed by atoms with van der Waals surface area (Å²) in [5.74, 6) is 0. The van der Waals surface area contributed by atoms with Gasteiger partial charge in [0, 0.05) is 38.2 Å². The molecule has 0 aliphatic carbocycles. The first-order valence-electron chi connectivity index (χ1n) is 5.37. The van der Waals surface area contributed by atoms with Gasteiger partial charge in [-0.15, -0.1) is 0 Å². The Kier molecular flexibility index (Phi) is 3.31. The lowest BCUT2D eigenvalue weighted by atomic mass is 10.2. The monoisotopic (exact) mass is 216 g/mol. The van der Waals surface area contributed by atoms with Gasteiger partial charge in [0.15, 0.2) is 0 Å². The highest BCUT2D eigenvalue weighted by molar-refractivity contribution is 5.09. The molecule has 0 fully saturated rings. The van der Waals surface area contributed by atoms with E-state index in [1.807, 2.05) is 36.3 Å². The molecule has 1 unspecified atom stereocenters. The van der Waals surface area contributed by atoms with Gasteiger partial charge in [0.2, 0.25) is 0 Å². The molecule has 0 radical (unpaired) electrons. The van der Waals surface area contributed by atoms with Gasteiger partial charge < -0.3 is 5.32 Å². The van der Waals surface area contributed by atoms with Gasteiger partial charge >= 0.3 is 0 Å². The topological polar surface area (TPSA) is 42.7 Å². The van der Waals surface area contributed by atoms with Crippen LogP contribution in [0, 0.1) is 0 Å². The van der Waals surface area contributed by atoms with E-state index in [1.165, 1.54) is 5.56 Å². The Bertz CT molecular complexity index is 435. The number of aryl methyl sites for hydroxylation is 1. The number of nitrogens with zero attached hydrogens (tertiary/aromatic N) is 3. The number of rotatable bonds is 4. The van der Waals surface area contributed by atoms with Crippen molar-refractivity contribution in [1.82, 2.24) is 20.1 Å². The first kappa shape index (κ1) is 10.8. The summed E-state index contributed by atoms with van der Waals surface area (Å²) in [6.07, 6.45) is 5.61. The third-order valence-electron chi connectivity index (χ3n) is 2.51. The molecule has 2 heterocycles. The van der Waals surface area contributed by atoms with Crippen molar-refractivity contribution < 1.29 is 0 Å². The van der Waals surface area contributed by atoms with E-state index >= 15 is 0 Å². The van der Waals surface area contributed by atoms with E-state index < -0.39 is 0 Å². The van der Waals surface area contributed by atoms with Gasteiger partial charge in [-0.25, -0.2) is 0 Å². The Hall–Kier alpha value is -1.68. The van der Waals surface area contributed by atoms with E-state index in [-0.39, 0.29) is 6.04 Å². The molecule has 0 saturated heterocycles. The van der Waals surface area contributed by atoms with Crippen molar-refractivity contribution in [2.75, 3.05) is 0 Å². The van der Waals surface area contributed by atoms with Gasteiger partial charge in [0.05, 0.1) is 5.69 Å². The molecular weight excluding hydrogens is 200 g/mol. The lowest BCUT2D eigenvalue weighted by Gasteiger charge is -2.10. The van der Waals surface area contributed by atoms with Gasteiger partial charge in [-0.1, -0.05) is 6.07 Å². The van der Waals surface area contributed by atoms with Crippen LogP contribution in [0.2, 0.25) is 0 Å². The van der Waals surface area contributed by atoms with E-state index in [9.17, 15) is 0 Å². The third-order valence-corrected chi connectivity index (χ3v) is 2.51. The minimum absolute atomic E-state index is 0.251. The summed E-state index contributed by atoms with van der Waals surface area (Å²) in [6.45, 7) is 2.92. The van der Waals surface area contributed by atoms with Crippen LogP contribution in [0.3, 0.4) is 0 Å². The molecule has 16 heavy (non-hydrogen) atoms. The summed E-state index contributed by atoms with van der Waals surface area (Å²) in [7, 11) is 1.93. The Morgan fingerprint density at radius 1 is 1.44 bits per heavy atom. The van der Waals surface area contributed by atoms with E-state index in [2.05, 4.69) is 28.4 Å². The second-order valence-electron chi connectivity index (χ2n) is 3.88. The fraction of sp³-hybridized carbons (Fsp3) is 0.333. The molecule has 4 nitrogen and oxygen atoms in total. The summed E-state index contributed by atoms with van der Waals surface area (Å²) < 4.78 is 1.82. The first-order valence-corrected chi connectivity index (χ1v) is 5.37. The molecule has 1 atom stereocenters. The van der Waals surface area contributed by atoms with Crippen LogP contribution in [0.15, 0.2) is 36.8 Å². The predicted molar refractivity (Wildman–Crippen MR) is 62.7 cm³/mol. The van der Waals surface area contributed by atoms with Crippen molar-refractivity contribution in [3.05, 3.63) is 48.0 Å². The van der Waals surface area contributed by atoms with Crippen molar-refractivity contribution in [2.45, 2.75) is 19.5 Å². The SMILES string of the molecule is CC(NCc1cccnc1)c1ccn(C)n1. The minimum Gasteiger partial charge on any atom is -0.305 e. The second-order valence-corrected chi connectivity index (χ2v) is 3.88. The Labute approximate surface area is 95.3 Å². The molecule has 0 saturated carbocycles. The number of nitrogens with one attached hydrogen (secondary N) is 1. The van der Waals surface area contributed by atoms with Crippen LogP contribution in [0.1, 0.15) is 24.2 Å². The number of aromatic nitrogens is 3. The van der Waals surface area contributed by atoms with Crippen molar-refractivity contribution in [3.63, 3.8) is 0 Å². The molecule has 1 N–H and O–H groups in total. The van der Waals surface area contributed by atoms with Gasteiger partial charge in [0.25, 0.3) is 0 Å². The molecule has 0 aromatic carbocycles. The zero-order chi connectivity index (χ0) is 11.4. The molecule has 84 valence electrons. The zero-order valence-corrected chi connectivity index (χ0v) is 9.59. The van der Waals surface area contributed by atoms with E-state index in [4.69, 9.17) is 0 Å². The summed E-state index contributed by atoms with van der Waals surface area (Å²) in [5.41, 5.74) is 2.25. The van der Waals surface area contributed by atoms with Crippen LogP contribution in [0.25, 0.3) is 0 Å². The summed E-state index contributed by atoms with van der Waals surface area (Å²) in [4.78, 5) is 4.08. The zero-order valence-electron chi connectivity index (χ0n) is 9.59. The molecule has 0 aliphatic heterocycles. The maximum atomic E-state index is 4.36. The van der Waals surface area contributed by atoms with Gasteiger partial charge in [-0.3, -0.25) is 9.67 Å². The quantitative estimate of drug-likeness (QED) is 0.845. The molecule has 0 bridgehead atoms. The largest absolute Gasteiger partial charge is 0.305 e. The second kappa shape index (κ2) is 4.90. The van der Waals surface area contributed by atoms with Crippen LogP contribution in [-0.2, 0) is 13.6 Å². The third kappa shape index (κ3) is 2.67. The maximum Gasteiger partial charge on any atom is 0.0791 e. The maximum absolute atomic E-state index is 4.36. The lowest BCUT2D eigenvalue weighted by Crippen LogP contribution is -2.18. The van der Waals surface area contributed by atoms with Crippen molar-refractivity contribution in [1.29, 1.82) is 0 Å². The minimum atomic E-state index is 0.251. The summed E-state index contributed by atoms with van der Waals surface area (Å²) in [5, 5.41) is 7.77. The first-order chi connectivity index (χ1) is 7.75. The molecule has 2 aromatic rings. The van der Waals surface area contributed by atoms with Crippen LogP contribution < -0.4 is 5.32 Å². The van der Waals surface area contributed by atoms with Crippen molar-refractivity contribution in [3.8, 4) is 0 Å². The van der Waals surface area contributed by atoms with Crippen LogP contribution in [0.5, 0.6) is 0 Å². The van der Waals surface area contributed by atoms with Gasteiger partial charge in [0.1, 0.15) is 0 Å². The molecule has 0 spiro atoms. The number of hydrogen-bond acceptors (Lipinski definition) is 3. The van der Waals surface area contributed by atoms with Crippen molar-refractivity contribution >= 4 is 0 Å². The molecule has 4 heteroatoms. The normalized spacial score (nSPS) is 12.6.